The fraction of sp³-hybridized carbons (Fsp3) is 0.286. The third-order valence-electron chi connectivity index (χ3n) is 2.68. The molecule has 1 aromatic heterocycles. The summed E-state index contributed by atoms with van der Waals surface area (Å²) >= 11 is 1.62. The number of aryl methyl sites for hydroxylation is 2. The number of nitrogens with one attached hydrogen (secondary N) is 2. The Bertz CT molecular complexity index is 565. The van der Waals surface area contributed by atoms with Crippen molar-refractivity contribution < 1.29 is 4.79 Å². The maximum atomic E-state index is 11.8. The van der Waals surface area contributed by atoms with Gasteiger partial charge in [0, 0.05) is 17.6 Å². The third kappa shape index (κ3) is 4.15. The molecule has 19 heavy (non-hydrogen) atoms. The van der Waals surface area contributed by atoms with E-state index < -0.39 is 0 Å². The van der Waals surface area contributed by atoms with E-state index in [-0.39, 0.29) is 12.5 Å². The van der Waals surface area contributed by atoms with Crippen LogP contribution in [0.4, 0.5) is 5.69 Å². The highest BCUT2D eigenvalue weighted by molar-refractivity contribution is 7.09. The Hall–Kier alpha value is -1.72. The number of carbonyl (C=O) groups is 1. The predicted molar refractivity (Wildman–Crippen MR) is 78.4 cm³/mol. The average molecular weight is 275 g/mol. The number of amides is 1. The van der Waals surface area contributed by atoms with Gasteiger partial charge in [-0.2, -0.15) is 0 Å². The second-order valence-electron chi connectivity index (χ2n) is 4.32. The molecule has 0 aliphatic carbocycles. The first-order valence-electron chi connectivity index (χ1n) is 6.12. The van der Waals surface area contributed by atoms with Gasteiger partial charge in [-0.25, -0.2) is 4.98 Å². The fourth-order valence-electron chi connectivity index (χ4n) is 1.70. The Balaban J connectivity index is 1.77. The maximum Gasteiger partial charge on any atom is 0.238 e. The first-order valence-corrected chi connectivity index (χ1v) is 7.00. The molecule has 1 amide bonds. The lowest BCUT2D eigenvalue weighted by atomic mass is 10.2. The summed E-state index contributed by atoms with van der Waals surface area (Å²) in [6.07, 6.45) is 0. The van der Waals surface area contributed by atoms with Gasteiger partial charge in [0.25, 0.3) is 0 Å². The molecule has 0 saturated carbocycles. The highest BCUT2D eigenvalue weighted by atomic mass is 32.1. The first-order chi connectivity index (χ1) is 9.15. The third-order valence-corrected chi connectivity index (χ3v) is 3.50. The zero-order valence-corrected chi connectivity index (χ0v) is 11.9. The number of anilines is 1. The van der Waals surface area contributed by atoms with Gasteiger partial charge in [0.1, 0.15) is 0 Å². The van der Waals surface area contributed by atoms with Crippen LogP contribution in [0.5, 0.6) is 0 Å². The molecule has 5 heteroatoms. The number of hydrogen-bond donors (Lipinski definition) is 2. The fourth-order valence-corrected chi connectivity index (χ4v) is 2.31. The molecule has 2 N–H and O–H groups in total. The number of thiazole rings is 1. The summed E-state index contributed by atoms with van der Waals surface area (Å²) < 4.78 is 0. The van der Waals surface area contributed by atoms with E-state index in [0.29, 0.717) is 6.54 Å². The van der Waals surface area contributed by atoms with E-state index in [4.69, 9.17) is 0 Å². The molecule has 0 unspecified atom stereocenters. The lowest BCUT2D eigenvalue weighted by Gasteiger charge is -2.08. The summed E-state index contributed by atoms with van der Waals surface area (Å²) in [5, 5.41) is 9.01. The van der Waals surface area contributed by atoms with Gasteiger partial charge in [0.15, 0.2) is 0 Å². The molecular weight excluding hydrogens is 258 g/mol. The van der Waals surface area contributed by atoms with Gasteiger partial charge < -0.3 is 10.6 Å². The molecule has 0 radical (unpaired) electrons. The summed E-state index contributed by atoms with van der Waals surface area (Å²) in [6, 6.07) is 7.74. The van der Waals surface area contributed by atoms with E-state index in [0.717, 1.165) is 22.0 Å². The summed E-state index contributed by atoms with van der Waals surface area (Å²) in [7, 11) is 0. The van der Waals surface area contributed by atoms with Crippen molar-refractivity contribution in [3.8, 4) is 0 Å². The largest absolute Gasteiger partial charge is 0.325 e. The second kappa shape index (κ2) is 6.45. The Morgan fingerprint density at radius 3 is 2.79 bits per heavy atom. The number of rotatable bonds is 5. The minimum absolute atomic E-state index is 0.0405. The van der Waals surface area contributed by atoms with Gasteiger partial charge in [-0.1, -0.05) is 18.2 Å². The molecule has 4 nitrogen and oxygen atoms in total. The standard InChI is InChI=1S/C14H17N3OS/c1-10-5-3-4-6-13(10)17-14(18)8-15-7-12-9-19-11(2)16-12/h3-6,9,15H,7-8H2,1-2H3,(H,17,18). The van der Waals surface area contributed by atoms with Crippen LogP contribution in [0.25, 0.3) is 0 Å². The predicted octanol–water partition coefficient (Wildman–Crippen LogP) is 2.49. The molecule has 1 aromatic carbocycles. The van der Waals surface area contributed by atoms with E-state index in [2.05, 4.69) is 15.6 Å². The van der Waals surface area contributed by atoms with Crippen molar-refractivity contribution in [2.45, 2.75) is 20.4 Å². The Morgan fingerprint density at radius 2 is 2.11 bits per heavy atom. The molecule has 0 saturated heterocycles. The van der Waals surface area contributed by atoms with Crippen molar-refractivity contribution in [3.05, 3.63) is 45.9 Å². The molecule has 0 aliphatic rings. The van der Waals surface area contributed by atoms with E-state index >= 15 is 0 Å². The van der Waals surface area contributed by atoms with Crippen molar-refractivity contribution in [2.24, 2.45) is 0 Å². The lowest BCUT2D eigenvalue weighted by molar-refractivity contribution is -0.115. The molecule has 100 valence electrons. The van der Waals surface area contributed by atoms with Gasteiger partial charge in [0.05, 0.1) is 17.2 Å². The molecule has 2 aromatic rings. The molecule has 0 bridgehead atoms. The number of para-hydroxylation sites is 1. The van der Waals surface area contributed by atoms with Gasteiger partial charge in [-0.05, 0) is 25.5 Å². The summed E-state index contributed by atoms with van der Waals surface area (Å²) in [5.41, 5.74) is 2.90. The van der Waals surface area contributed by atoms with Crippen LogP contribution in [0.1, 0.15) is 16.3 Å². The highest BCUT2D eigenvalue weighted by Gasteiger charge is 2.04. The monoisotopic (exact) mass is 275 g/mol. The average Bonchev–Trinajstić information content (AvgIpc) is 2.78. The molecule has 0 spiro atoms. The van der Waals surface area contributed by atoms with E-state index in [1.807, 2.05) is 43.5 Å². The maximum absolute atomic E-state index is 11.8. The van der Waals surface area contributed by atoms with Crippen LogP contribution in [0, 0.1) is 13.8 Å². The molecule has 2 rings (SSSR count). The summed E-state index contributed by atoms with van der Waals surface area (Å²) in [4.78, 5) is 16.1. The van der Waals surface area contributed by atoms with E-state index in [1.54, 1.807) is 11.3 Å². The van der Waals surface area contributed by atoms with E-state index in [1.165, 1.54) is 0 Å². The van der Waals surface area contributed by atoms with Crippen LogP contribution in [0.3, 0.4) is 0 Å². The van der Waals surface area contributed by atoms with Crippen LogP contribution in [-0.4, -0.2) is 17.4 Å². The number of hydrogen-bond acceptors (Lipinski definition) is 4. The van der Waals surface area contributed by atoms with Crippen molar-refractivity contribution in [1.29, 1.82) is 0 Å². The van der Waals surface area contributed by atoms with Crippen LogP contribution in [0.2, 0.25) is 0 Å². The zero-order valence-electron chi connectivity index (χ0n) is 11.1. The molecule has 0 atom stereocenters. The van der Waals surface area contributed by atoms with Gasteiger partial charge >= 0.3 is 0 Å². The number of aromatic nitrogens is 1. The number of benzene rings is 1. The Labute approximate surface area is 116 Å². The normalized spacial score (nSPS) is 10.4. The molecular formula is C14H17N3OS. The van der Waals surface area contributed by atoms with Crippen molar-refractivity contribution >= 4 is 22.9 Å². The molecule has 1 heterocycles. The van der Waals surface area contributed by atoms with Crippen molar-refractivity contribution in [1.82, 2.24) is 10.3 Å². The second-order valence-corrected chi connectivity index (χ2v) is 5.39. The lowest BCUT2D eigenvalue weighted by Crippen LogP contribution is -2.28. The van der Waals surface area contributed by atoms with Crippen LogP contribution < -0.4 is 10.6 Å². The Morgan fingerprint density at radius 1 is 1.32 bits per heavy atom. The minimum atomic E-state index is -0.0405. The zero-order chi connectivity index (χ0) is 13.7. The smallest absolute Gasteiger partial charge is 0.238 e. The molecule has 0 aliphatic heterocycles. The summed E-state index contributed by atoms with van der Waals surface area (Å²) in [6.45, 7) is 4.84. The van der Waals surface area contributed by atoms with Crippen LogP contribution in [0.15, 0.2) is 29.6 Å². The number of carbonyl (C=O) groups excluding carboxylic acids is 1. The van der Waals surface area contributed by atoms with Gasteiger partial charge in [0.2, 0.25) is 5.91 Å². The SMILES string of the molecule is Cc1nc(CNCC(=O)Nc2ccccc2C)cs1. The topological polar surface area (TPSA) is 54.0 Å². The van der Waals surface area contributed by atoms with Crippen LogP contribution in [-0.2, 0) is 11.3 Å². The highest BCUT2D eigenvalue weighted by Crippen LogP contribution is 2.12. The first kappa shape index (κ1) is 13.7. The minimum Gasteiger partial charge on any atom is -0.325 e. The van der Waals surface area contributed by atoms with Crippen molar-refractivity contribution in [2.75, 3.05) is 11.9 Å². The Kier molecular flexibility index (Phi) is 4.65. The molecule has 0 fully saturated rings. The van der Waals surface area contributed by atoms with Crippen molar-refractivity contribution in [3.63, 3.8) is 0 Å². The van der Waals surface area contributed by atoms with Gasteiger partial charge in [-0.3, -0.25) is 4.79 Å². The quantitative estimate of drug-likeness (QED) is 0.881. The summed E-state index contributed by atoms with van der Waals surface area (Å²) in [5.74, 6) is -0.0405. The number of nitrogens with zero attached hydrogens (tertiary/aromatic N) is 1. The van der Waals surface area contributed by atoms with Crippen LogP contribution >= 0.6 is 11.3 Å². The van der Waals surface area contributed by atoms with E-state index in [9.17, 15) is 4.79 Å². The van der Waals surface area contributed by atoms with Gasteiger partial charge in [-0.15, -0.1) is 11.3 Å².